The van der Waals surface area contributed by atoms with Crippen LogP contribution in [0.5, 0.6) is 5.75 Å². The van der Waals surface area contributed by atoms with Gasteiger partial charge in [0, 0.05) is 15.1 Å². The molecule has 0 atom stereocenters. The van der Waals surface area contributed by atoms with Crippen LogP contribution in [0.15, 0.2) is 94.3 Å². The molecule has 0 spiro atoms. The molecular weight excluding hydrogens is 546 g/mol. The van der Waals surface area contributed by atoms with E-state index in [4.69, 9.17) is 16.3 Å². The largest absolute Gasteiger partial charge is 0.488 e. The lowest BCUT2D eigenvalue weighted by Crippen LogP contribution is -2.27. The van der Waals surface area contributed by atoms with Gasteiger partial charge in [-0.05, 0) is 64.0 Å². The first-order valence-corrected chi connectivity index (χ1v) is 12.9. The second kappa shape index (κ2) is 10.3. The smallest absolute Gasteiger partial charge is 0.293 e. The molecule has 0 N–H and O–H groups in total. The molecule has 4 nitrogen and oxygen atoms in total. The van der Waals surface area contributed by atoms with Gasteiger partial charge in [-0.1, -0.05) is 88.2 Å². The number of ether oxygens (including phenoxy) is 1. The maximum atomic E-state index is 13.2. The molecule has 1 saturated heterocycles. The van der Waals surface area contributed by atoms with Crippen LogP contribution in [0.4, 0.5) is 4.79 Å². The Morgan fingerprint density at radius 1 is 0.914 bits per heavy atom. The molecule has 0 saturated carbocycles. The van der Waals surface area contributed by atoms with Crippen LogP contribution in [0.3, 0.4) is 0 Å². The number of imide groups is 1. The van der Waals surface area contributed by atoms with E-state index in [0.29, 0.717) is 22.3 Å². The Labute approximate surface area is 220 Å². The number of hydrogen-bond donors (Lipinski definition) is 0. The van der Waals surface area contributed by atoms with Gasteiger partial charge in [0.25, 0.3) is 11.1 Å². The van der Waals surface area contributed by atoms with Gasteiger partial charge >= 0.3 is 0 Å². The number of halogens is 2. The third kappa shape index (κ3) is 5.15. The number of thioether (sulfide) groups is 1. The average molecular weight is 565 g/mol. The lowest BCUT2D eigenvalue weighted by atomic mass is 10.0. The summed E-state index contributed by atoms with van der Waals surface area (Å²) in [4.78, 5) is 27.6. The summed E-state index contributed by atoms with van der Waals surface area (Å²) in [6.45, 7) is 0.554. The second-order valence-corrected chi connectivity index (χ2v) is 10.3. The van der Waals surface area contributed by atoms with Crippen molar-refractivity contribution in [2.75, 3.05) is 0 Å². The zero-order valence-corrected chi connectivity index (χ0v) is 21.6. The van der Waals surface area contributed by atoms with Crippen molar-refractivity contribution >= 4 is 67.3 Å². The number of fused-ring (bicyclic) bond motifs is 1. The topological polar surface area (TPSA) is 46.6 Å². The fourth-order valence-electron chi connectivity index (χ4n) is 3.86. The molecule has 0 unspecified atom stereocenters. The molecule has 0 radical (unpaired) electrons. The van der Waals surface area contributed by atoms with Gasteiger partial charge in [-0.25, -0.2) is 0 Å². The molecular formula is C28H19BrClNO3S. The minimum absolute atomic E-state index is 0.207. The minimum Gasteiger partial charge on any atom is -0.488 e. The van der Waals surface area contributed by atoms with E-state index in [0.717, 1.165) is 43.7 Å². The van der Waals surface area contributed by atoms with Crippen LogP contribution in [-0.2, 0) is 17.9 Å². The lowest BCUT2D eigenvalue weighted by Gasteiger charge is -2.14. The van der Waals surface area contributed by atoms with Crippen molar-refractivity contribution < 1.29 is 14.3 Å². The summed E-state index contributed by atoms with van der Waals surface area (Å²) in [6.07, 6.45) is 1.77. The summed E-state index contributed by atoms with van der Waals surface area (Å²) in [5.41, 5.74) is 2.61. The van der Waals surface area contributed by atoms with Gasteiger partial charge in [-0.15, -0.1) is 0 Å². The number of nitrogens with zero attached hydrogens (tertiary/aromatic N) is 1. The quantitative estimate of drug-likeness (QED) is 0.222. The number of carbonyl (C=O) groups excluding carboxylic acids is 2. The molecule has 0 aromatic heterocycles. The van der Waals surface area contributed by atoms with Crippen molar-refractivity contribution in [1.82, 2.24) is 4.90 Å². The fourth-order valence-corrected chi connectivity index (χ4v) is 5.21. The van der Waals surface area contributed by atoms with Crippen molar-refractivity contribution in [3.63, 3.8) is 0 Å². The fraction of sp³-hybridized carbons (Fsp3) is 0.0714. The maximum Gasteiger partial charge on any atom is 0.293 e. The highest BCUT2D eigenvalue weighted by Gasteiger charge is 2.35. The van der Waals surface area contributed by atoms with Crippen LogP contribution in [0.2, 0.25) is 5.02 Å². The molecule has 1 aliphatic rings. The SMILES string of the molecule is O=C1S/C(=C\c2c(OCc3ccc(Cl)cc3)ccc3ccccc23)C(=O)N1Cc1ccccc1Br. The van der Waals surface area contributed by atoms with Gasteiger partial charge in [0.15, 0.2) is 0 Å². The van der Waals surface area contributed by atoms with Crippen LogP contribution in [0, 0.1) is 0 Å². The highest BCUT2D eigenvalue weighted by atomic mass is 79.9. The first-order valence-electron chi connectivity index (χ1n) is 10.9. The van der Waals surface area contributed by atoms with Crippen molar-refractivity contribution in [3.05, 3.63) is 116 Å². The van der Waals surface area contributed by atoms with Gasteiger partial charge in [0.1, 0.15) is 12.4 Å². The van der Waals surface area contributed by atoms with E-state index < -0.39 is 0 Å². The lowest BCUT2D eigenvalue weighted by molar-refractivity contribution is -0.123. The van der Waals surface area contributed by atoms with Gasteiger partial charge in [0.05, 0.1) is 11.4 Å². The summed E-state index contributed by atoms with van der Waals surface area (Å²) >= 11 is 10.4. The van der Waals surface area contributed by atoms with E-state index in [2.05, 4.69) is 15.9 Å². The summed E-state index contributed by atoms with van der Waals surface area (Å²) < 4.78 is 7.03. The Morgan fingerprint density at radius 3 is 2.46 bits per heavy atom. The summed E-state index contributed by atoms with van der Waals surface area (Å²) in [5, 5.41) is 2.34. The second-order valence-electron chi connectivity index (χ2n) is 7.97. The molecule has 1 heterocycles. The number of benzene rings is 4. The summed E-state index contributed by atoms with van der Waals surface area (Å²) in [5.74, 6) is 0.323. The van der Waals surface area contributed by atoms with Crippen LogP contribution >= 0.6 is 39.3 Å². The Kier molecular flexibility index (Phi) is 6.95. The van der Waals surface area contributed by atoms with E-state index in [9.17, 15) is 9.59 Å². The Balaban J connectivity index is 1.48. The van der Waals surface area contributed by atoms with Crippen LogP contribution in [0.25, 0.3) is 16.8 Å². The zero-order chi connectivity index (χ0) is 24.4. The molecule has 5 rings (SSSR count). The minimum atomic E-state index is -0.313. The maximum absolute atomic E-state index is 13.2. The van der Waals surface area contributed by atoms with E-state index >= 15 is 0 Å². The Hall–Kier alpha value is -3.06. The Morgan fingerprint density at radius 2 is 1.66 bits per heavy atom. The normalized spacial score (nSPS) is 14.8. The molecule has 2 amide bonds. The molecule has 4 aromatic carbocycles. The molecule has 4 aromatic rings. The predicted octanol–water partition coefficient (Wildman–Crippen LogP) is 8.07. The summed E-state index contributed by atoms with van der Waals surface area (Å²) in [7, 11) is 0. The third-order valence-electron chi connectivity index (χ3n) is 5.67. The van der Waals surface area contributed by atoms with E-state index in [1.807, 2.05) is 84.9 Å². The van der Waals surface area contributed by atoms with Crippen molar-refractivity contribution in [3.8, 4) is 5.75 Å². The molecule has 0 aliphatic carbocycles. The first kappa shape index (κ1) is 23.7. The third-order valence-corrected chi connectivity index (χ3v) is 7.61. The molecule has 35 heavy (non-hydrogen) atoms. The molecule has 7 heteroatoms. The van der Waals surface area contributed by atoms with Crippen molar-refractivity contribution in [1.29, 1.82) is 0 Å². The average Bonchev–Trinajstić information content (AvgIpc) is 3.13. The molecule has 1 fully saturated rings. The van der Waals surface area contributed by atoms with Gasteiger partial charge in [-0.2, -0.15) is 0 Å². The van der Waals surface area contributed by atoms with Gasteiger partial charge < -0.3 is 4.74 Å². The highest BCUT2D eigenvalue weighted by Crippen LogP contribution is 2.38. The van der Waals surface area contributed by atoms with E-state index in [1.165, 1.54) is 4.90 Å². The summed E-state index contributed by atoms with van der Waals surface area (Å²) in [6, 6.07) is 26.8. The van der Waals surface area contributed by atoms with Crippen LogP contribution in [-0.4, -0.2) is 16.0 Å². The number of hydrogen-bond acceptors (Lipinski definition) is 4. The predicted molar refractivity (Wildman–Crippen MR) is 145 cm³/mol. The zero-order valence-electron chi connectivity index (χ0n) is 18.4. The van der Waals surface area contributed by atoms with Gasteiger partial charge in [-0.3, -0.25) is 14.5 Å². The van der Waals surface area contributed by atoms with Crippen LogP contribution < -0.4 is 4.74 Å². The van der Waals surface area contributed by atoms with Crippen LogP contribution in [0.1, 0.15) is 16.7 Å². The highest BCUT2D eigenvalue weighted by molar-refractivity contribution is 9.10. The monoisotopic (exact) mass is 563 g/mol. The standard InChI is InChI=1S/C28H19BrClNO3S/c29-24-8-4-2-6-20(24)16-31-27(32)26(35-28(31)33)15-23-22-7-3-1-5-19(22)11-14-25(23)34-17-18-9-12-21(30)13-10-18/h1-15H,16-17H2/b26-15-. The number of rotatable bonds is 6. The van der Waals surface area contributed by atoms with Crippen molar-refractivity contribution in [2.45, 2.75) is 13.2 Å². The number of amides is 2. The first-order chi connectivity index (χ1) is 17.0. The van der Waals surface area contributed by atoms with Gasteiger partial charge in [0.2, 0.25) is 0 Å². The molecule has 174 valence electrons. The van der Waals surface area contributed by atoms with E-state index in [1.54, 1.807) is 6.08 Å². The van der Waals surface area contributed by atoms with E-state index in [-0.39, 0.29) is 17.7 Å². The Bertz CT molecular complexity index is 1470. The number of carbonyl (C=O) groups is 2. The molecule has 1 aliphatic heterocycles. The molecule has 0 bridgehead atoms. The van der Waals surface area contributed by atoms with Crippen molar-refractivity contribution in [2.24, 2.45) is 0 Å².